The van der Waals surface area contributed by atoms with Crippen molar-refractivity contribution in [1.29, 1.82) is 0 Å². The Balaban J connectivity index is 2.14. The highest BCUT2D eigenvalue weighted by molar-refractivity contribution is 7.80. The Morgan fingerprint density at radius 2 is 1.93 bits per heavy atom. The molecule has 0 aromatic heterocycles. The van der Waals surface area contributed by atoms with Gasteiger partial charge < -0.3 is 4.90 Å². The van der Waals surface area contributed by atoms with Gasteiger partial charge in [0.05, 0.1) is 6.54 Å². The van der Waals surface area contributed by atoms with Crippen LogP contribution >= 0.6 is 12.2 Å². The van der Waals surface area contributed by atoms with Crippen LogP contribution in [0.5, 0.6) is 0 Å². The van der Waals surface area contributed by atoms with Gasteiger partial charge in [-0.3, -0.25) is 0 Å². The van der Waals surface area contributed by atoms with Gasteiger partial charge in [0.1, 0.15) is 11.6 Å². The number of benzene rings is 1. The van der Waals surface area contributed by atoms with Gasteiger partial charge in [0, 0.05) is 18.8 Å². The van der Waals surface area contributed by atoms with Crippen molar-refractivity contribution in [3.63, 3.8) is 0 Å². The summed E-state index contributed by atoms with van der Waals surface area (Å²) < 4.78 is 25.8. The van der Waals surface area contributed by atoms with Crippen LogP contribution in [0, 0.1) is 11.6 Å². The summed E-state index contributed by atoms with van der Waals surface area (Å²) in [7, 11) is 0. The molecule has 1 aliphatic rings. The fourth-order valence-electron chi connectivity index (χ4n) is 1.43. The summed E-state index contributed by atoms with van der Waals surface area (Å²) in [6.07, 6.45) is 1.68. The average molecular weight is 226 g/mol. The van der Waals surface area contributed by atoms with E-state index in [0.717, 1.165) is 6.07 Å². The SMILES string of the molecule is Fc1cc(F)cc(CN2CC=NC2=S)c1. The number of nitrogens with zero attached hydrogens (tertiary/aromatic N) is 2. The fourth-order valence-corrected chi connectivity index (χ4v) is 1.65. The molecular formula is C10H8F2N2S. The maximum absolute atomic E-state index is 12.9. The number of thiocarbonyl (C=S) groups is 1. The molecule has 0 saturated heterocycles. The minimum atomic E-state index is -0.573. The predicted octanol–water partition coefficient (Wildman–Crippen LogP) is 2.14. The minimum absolute atomic E-state index is 0.382. The van der Waals surface area contributed by atoms with Crippen molar-refractivity contribution in [3.8, 4) is 0 Å². The summed E-state index contributed by atoms with van der Waals surface area (Å²) >= 11 is 4.95. The zero-order chi connectivity index (χ0) is 10.8. The van der Waals surface area contributed by atoms with E-state index < -0.39 is 11.6 Å². The molecule has 2 nitrogen and oxygen atoms in total. The van der Waals surface area contributed by atoms with E-state index in [0.29, 0.717) is 23.8 Å². The van der Waals surface area contributed by atoms with Gasteiger partial charge in [0.15, 0.2) is 5.11 Å². The highest BCUT2D eigenvalue weighted by Gasteiger charge is 2.13. The van der Waals surface area contributed by atoms with E-state index >= 15 is 0 Å². The van der Waals surface area contributed by atoms with Crippen molar-refractivity contribution >= 4 is 23.5 Å². The van der Waals surface area contributed by atoms with Crippen LogP contribution in [0.1, 0.15) is 5.56 Å². The predicted molar refractivity (Wildman–Crippen MR) is 57.9 cm³/mol. The highest BCUT2D eigenvalue weighted by atomic mass is 32.1. The average Bonchev–Trinajstić information content (AvgIpc) is 2.50. The lowest BCUT2D eigenvalue weighted by atomic mass is 10.2. The Bertz CT molecular complexity index is 411. The quantitative estimate of drug-likeness (QED) is 0.718. The number of aliphatic imine (C=N–C) groups is 1. The lowest BCUT2D eigenvalue weighted by Gasteiger charge is -2.16. The standard InChI is InChI=1S/C10H8F2N2S/c11-8-3-7(4-9(12)5-8)6-14-2-1-13-10(14)15/h1,3-5H,2,6H2. The summed E-state index contributed by atoms with van der Waals surface area (Å²) in [6.45, 7) is 0.977. The molecule has 0 atom stereocenters. The van der Waals surface area contributed by atoms with Crippen molar-refractivity contribution in [1.82, 2.24) is 4.90 Å². The molecule has 78 valence electrons. The Morgan fingerprint density at radius 1 is 1.27 bits per heavy atom. The van der Waals surface area contributed by atoms with E-state index in [9.17, 15) is 8.78 Å². The molecule has 1 aromatic carbocycles. The molecule has 15 heavy (non-hydrogen) atoms. The molecule has 1 aliphatic heterocycles. The lowest BCUT2D eigenvalue weighted by Crippen LogP contribution is -2.24. The molecule has 2 rings (SSSR count). The lowest BCUT2D eigenvalue weighted by molar-refractivity contribution is 0.481. The number of hydrogen-bond donors (Lipinski definition) is 0. The molecule has 0 bridgehead atoms. The summed E-state index contributed by atoms with van der Waals surface area (Å²) in [5.41, 5.74) is 0.556. The molecule has 0 N–H and O–H groups in total. The maximum atomic E-state index is 12.9. The van der Waals surface area contributed by atoms with Crippen molar-refractivity contribution in [2.75, 3.05) is 6.54 Å². The second-order valence-corrected chi connectivity index (χ2v) is 3.62. The van der Waals surface area contributed by atoms with Crippen LogP contribution < -0.4 is 0 Å². The number of hydrogen-bond acceptors (Lipinski definition) is 1. The van der Waals surface area contributed by atoms with Gasteiger partial charge in [0.2, 0.25) is 0 Å². The van der Waals surface area contributed by atoms with Crippen LogP contribution in [0.3, 0.4) is 0 Å². The maximum Gasteiger partial charge on any atom is 0.195 e. The normalized spacial score (nSPS) is 15.1. The Morgan fingerprint density at radius 3 is 2.47 bits per heavy atom. The third kappa shape index (κ3) is 2.36. The van der Waals surface area contributed by atoms with E-state index in [-0.39, 0.29) is 0 Å². The largest absolute Gasteiger partial charge is 0.338 e. The van der Waals surface area contributed by atoms with E-state index in [1.165, 1.54) is 12.1 Å². The number of rotatable bonds is 2. The number of halogens is 2. The van der Waals surface area contributed by atoms with Gasteiger partial charge in [-0.2, -0.15) is 0 Å². The Kier molecular flexibility index (Phi) is 2.73. The molecule has 0 fully saturated rings. The zero-order valence-electron chi connectivity index (χ0n) is 7.78. The van der Waals surface area contributed by atoms with Crippen molar-refractivity contribution < 1.29 is 8.78 Å². The van der Waals surface area contributed by atoms with E-state index in [2.05, 4.69) is 4.99 Å². The second-order valence-electron chi connectivity index (χ2n) is 3.25. The fraction of sp³-hybridized carbons (Fsp3) is 0.200. The van der Waals surface area contributed by atoms with Crippen molar-refractivity contribution in [2.24, 2.45) is 4.99 Å². The summed E-state index contributed by atoms with van der Waals surface area (Å²) in [5, 5.41) is 0.458. The molecule has 0 unspecified atom stereocenters. The first kappa shape index (κ1) is 10.2. The van der Waals surface area contributed by atoms with Crippen LogP contribution in [-0.2, 0) is 6.54 Å². The van der Waals surface area contributed by atoms with Crippen LogP contribution in [0.2, 0.25) is 0 Å². The van der Waals surface area contributed by atoms with Crippen LogP contribution in [0.4, 0.5) is 8.78 Å². The molecule has 0 aliphatic carbocycles. The molecule has 0 saturated carbocycles. The zero-order valence-corrected chi connectivity index (χ0v) is 8.60. The van der Waals surface area contributed by atoms with Gasteiger partial charge in [-0.15, -0.1) is 0 Å². The van der Waals surface area contributed by atoms with Gasteiger partial charge in [-0.1, -0.05) is 0 Å². The van der Waals surface area contributed by atoms with Crippen molar-refractivity contribution in [3.05, 3.63) is 35.4 Å². The first-order valence-corrected chi connectivity index (χ1v) is 4.82. The van der Waals surface area contributed by atoms with Gasteiger partial charge in [0.25, 0.3) is 0 Å². The highest BCUT2D eigenvalue weighted by Crippen LogP contribution is 2.12. The van der Waals surface area contributed by atoms with E-state index in [4.69, 9.17) is 12.2 Å². The molecule has 0 amide bonds. The molecule has 0 radical (unpaired) electrons. The summed E-state index contributed by atoms with van der Waals surface area (Å²) in [5.74, 6) is -1.15. The molecule has 5 heteroatoms. The smallest absolute Gasteiger partial charge is 0.195 e. The van der Waals surface area contributed by atoms with Gasteiger partial charge in [-0.05, 0) is 29.9 Å². The molecule has 1 heterocycles. The molecule has 1 aromatic rings. The topological polar surface area (TPSA) is 15.6 Å². The first-order valence-electron chi connectivity index (χ1n) is 4.41. The second kappa shape index (κ2) is 4.02. The Labute approximate surface area is 91.2 Å². The summed E-state index contributed by atoms with van der Waals surface area (Å²) in [4.78, 5) is 5.67. The first-order chi connectivity index (χ1) is 7.15. The van der Waals surface area contributed by atoms with Gasteiger partial charge >= 0.3 is 0 Å². The van der Waals surface area contributed by atoms with Gasteiger partial charge in [-0.25, -0.2) is 13.8 Å². The molecular weight excluding hydrogens is 218 g/mol. The Hall–Kier alpha value is -1.36. The van der Waals surface area contributed by atoms with Crippen LogP contribution in [0.25, 0.3) is 0 Å². The van der Waals surface area contributed by atoms with E-state index in [1.54, 1.807) is 11.1 Å². The third-order valence-electron chi connectivity index (χ3n) is 2.07. The minimum Gasteiger partial charge on any atom is -0.338 e. The monoisotopic (exact) mass is 226 g/mol. The van der Waals surface area contributed by atoms with E-state index in [1.807, 2.05) is 0 Å². The third-order valence-corrected chi connectivity index (χ3v) is 2.43. The van der Waals surface area contributed by atoms with Crippen LogP contribution in [-0.4, -0.2) is 22.8 Å². The summed E-state index contributed by atoms with van der Waals surface area (Å²) in [6, 6.07) is 3.44. The van der Waals surface area contributed by atoms with Crippen molar-refractivity contribution in [2.45, 2.75) is 6.54 Å². The molecule has 0 spiro atoms. The van der Waals surface area contributed by atoms with Crippen LogP contribution in [0.15, 0.2) is 23.2 Å².